The molecule has 74 valence electrons. The number of nitrogens with one attached hydrogen (secondary N) is 1. The van der Waals surface area contributed by atoms with Crippen molar-refractivity contribution in [2.45, 2.75) is 38.1 Å². The minimum Gasteiger partial charge on any atom is -0.430 e. The molecule has 1 atom stereocenters. The third-order valence-corrected chi connectivity index (χ3v) is 2.64. The van der Waals surface area contributed by atoms with Gasteiger partial charge in [0.15, 0.2) is 0 Å². The van der Waals surface area contributed by atoms with Gasteiger partial charge < -0.3 is 15.6 Å². The first kappa shape index (κ1) is 8.77. The minimum atomic E-state index is -0.953. The number of rotatable bonds is 1. The van der Waals surface area contributed by atoms with Gasteiger partial charge in [-0.1, -0.05) is 0 Å². The molecule has 13 heavy (non-hydrogen) atoms. The number of aliphatic hydroxyl groups is 1. The van der Waals surface area contributed by atoms with Crippen molar-refractivity contribution in [1.29, 1.82) is 0 Å². The molecule has 0 spiro atoms. The lowest BCUT2D eigenvalue weighted by Crippen LogP contribution is -2.30. The summed E-state index contributed by atoms with van der Waals surface area (Å²) in [5, 5.41) is 12.9. The van der Waals surface area contributed by atoms with Gasteiger partial charge in [0.05, 0.1) is 0 Å². The van der Waals surface area contributed by atoms with Crippen LogP contribution < -0.4 is 11.2 Å². The normalized spacial score (nSPS) is 39.2. The van der Waals surface area contributed by atoms with E-state index in [1.54, 1.807) is 0 Å². The van der Waals surface area contributed by atoms with Gasteiger partial charge >= 0.3 is 0 Å². The third-order valence-electron chi connectivity index (χ3n) is 2.64. The van der Waals surface area contributed by atoms with Crippen molar-refractivity contribution in [1.82, 2.24) is 5.43 Å². The number of ether oxygens (including phenoxy) is 1. The van der Waals surface area contributed by atoms with Crippen LogP contribution in [0.4, 0.5) is 0 Å². The summed E-state index contributed by atoms with van der Waals surface area (Å²) >= 11 is 0. The Morgan fingerprint density at radius 2 is 2.08 bits per heavy atom. The number of hydrazone groups is 1. The van der Waals surface area contributed by atoms with Crippen LogP contribution in [-0.4, -0.2) is 23.5 Å². The highest BCUT2D eigenvalue weighted by molar-refractivity contribution is 5.79. The predicted molar refractivity (Wildman–Crippen MR) is 47.6 cm³/mol. The van der Waals surface area contributed by atoms with Crippen LogP contribution in [0.25, 0.3) is 0 Å². The number of hydrogen-bond donors (Lipinski definition) is 3. The van der Waals surface area contributed by atoms with Crippen molar-refractivity contribution >= 4 is 5.90 Å². The van der Waals surface area contributed by atoms with Crippen molar-refractivity contribution < 1.29 is 9.84 Å². The maximum Gasteiger partial charge on any atom is 0.295 e. The standard InChI is InChI=1S/C8H15N3O2/c9-6-3-1-5(2-4-6)7-10-11-8(12)13-7/h5-6,8,11-12H,1-4,9H2. The highest BCUT2D eigenvalue weighted by atomic mass is 16.6. The van der Waals surface area contributed by atoms with E-state index in [0.29, 0.717) is 17.9 Å². The molecule has 4 N–H and O–H groups in total. The molecule has 1 aliphatic carbocycles. The first-order valence-corrected chi connectivity index (χ1v) is 4.69. The Morgan fingerprint density at radius 3 is 2.62 bits per heavy atom. The number of hydrogen-bond acceptors (Lipinski definition) is 5. The smallest absolute Gasteiger partial charge is 0.295 e. The highest BCUT2D eigenvalue weighted by Crippen LogP contribution is 2.26. The van der Waals surface area contributed by atoms with Crippen LogP contribution >= 0.6 is 0 Å². The molecule has 0 saturated heterocycles. The molecule has 1 aliphatic heterocycles. The van der Waals surface area contributed by atoms with Crippen molar-refractivity contribution in [3.05, 3.63) is 0 Å². The quantitative estimate of drug-likeness (QED) is 0.524. The molecule has 2 aliphatic rings. The fourth-order valence-electron chi connectivity index (χ4n) is 1.84. The summed E-state index contributed by atoms with van der Waals surface area (Å²) < 4.78 is 5.09. The number of aliphatic hydroxyl groups excluding tert-OH is 1. The van der Waals surface area contributed by atoms with Crippen molar-refractivity contribution in [3.63, 3.8) is 0 Å². The second kappa shape index (κ2) is 3.51. The highest BCUT2D eigenvalue weighted by Gasteiger charge is 2.28. The van der Waals surface area contributed by atoms with Gasteiger partial charge in [-0.15, -0.1) is 5.10 Å². The second-order valence-electron chi connectivity index (χ2n) is 3.66. The molecule has 0 aromatic carbocycles. The van der Waals surface area contributed by atoms with Gasteiger partial charge in [0.2, 0.25) is 5.90 Å². The van der Waals surface area contributed by atoms with Crippen LogP contribution in [-0.2, 0) is 4.74 Å². The minimum absolute atomic E-state index is 0.330. The summed E-state index contributed by atoms with van der Waals surface area (Å²) in [6.07, 6.45) is 3.10. The predicted octanol–water partition coefficient (Wildman–Crippen LogP) is -0.287. The third kappa shape index (κ3) is 1.92. The van der Waals surface area contributed by atoms with E-state index in [-0.39, 0.29) is 0 Å². The van der Waals surface area contributed by atoms with Gasteiger partial charge in [0.1, 0.15) is 0 Å². The Hall–Kier alpha value is -0.810. The zero-order chi connectivity index (χ0) is 9.26. The van der Waals surface area contributed by atoms with Crippen LogP contribution in [0.15, 0.2) is 5.10 Å². The SMILES string of the molecule is NC1CCC(C2=NNC(O)O2)CC1. The van der Waals surface area contributed by atoms with E-state index < -0.39 is 6.41 Å². The average molecular weight is 185 g/mol. The zero-order valence-corrected chi connectivity index (χ0v) is 7.44. The number of nitrogens with zero attached hydrogens (tertiary/aromatic N) is 1. The van der Waals surface area contributed by atoms with Gasteiger partial charge in [-0.05, 0) is 25.7 Å². The van der Waals surface area contributed by atoms with Crippen LogP contribution in [0.5, 0.6) is 0 Å². The summed E-state index contributed by atoms with van der Waals surface area (Å²) in [7, 11) is 0. The average Bonchev–Trinajstić information content (AvgIpc) is 2.53. The molecule has 5 heteroatoms. The first-order valence-electron chi connectivity index (χ1n) is 4.69. The Kier molecular flexibility index (Phi) is 2.37. The van der Waals surface area contributed by atoms with Gasteiger partial charge in [-0.25, -0.2) is 5.43 Å². The molecular weight excluding hydrogens is 170 g/mol. The maximum atomic E-state index is 9.01. The number of nitrogens with two attached hydrogens (primary N) is 1. The monoisotopic (exact) mass is 185 g/mol. The van der Waals surface area contributed by atoms with E-state index in [1.807, 2.05) is 0 Å². The van der Waals surface area contributed by atoms with Gasteiger partial charge in [-0.2, -0.15) is 0 Å². The van der Waals surface area contributed by atoms with Crippen molar-refractivity contribution in [2.75, 3.05) is 0 Å². The van der Waals surface area contributed by atoms with Gasteiger partial charge in [-0.3, -0.25) is 0 Å². The first-order chi connectivity index (χ1) is 6.25. The van der Waals surface area contributed by atoms with Crippen LogP contribution in [0, 0.1) is 5.92 Å². The van der Waals surface area contributed by atoms with E-state index in [4.69, 9.17) is 15.6 Å². The van der Waals surface area contributed by atoms with Crippen LogP contribution in [0.2, 0.25) is 0 Å². The van der Waals surface area contributed by atoms with E-state index in [2.05, 4.69) is 10.5 Å². The lowest BCUT2D eigenvalue weighted by atomic mass is 9.86. The van der Waals surface area contributed by atoms with Crippen LogP contribution in [0.3, 0.4) is 0 Å². The molecule has 1 fully saturated rings. The molecule has 1 saturated carbocycles. The zero-order valence-electron chi connectivity index (χ0n) is 7.44. The Balaban J connectivity index is 1.88. The summed E-state index contributed by atoms with van der Waals surface area (Å²) in [6.45, 7) is 0. The van der Waals surface area contributed by atoms with Crippen LogP contribution in [0.1, 0.15) is 25.7 Å². The Labute approximate surface area is 76.9 Å². The summed E-state index contributed by atoms with van der Waals surface area (Å²) in [6, 6.07) is 0.330. The Morgan fingerprint density at radius 1 is 1.38 bits per heavy atom. The summed E-state index contributed by atoms with van der Waals surface area (Å²) in [4.78, 5) is 0. The topological polar surface area (TPSA) is 79.9 Å². The van der Waals surface area contributed by atoms with E-state index in [1.165, 1.54) is 0 Å². The van der Waals surface area contributed by atoms with Crippen molar-refractivity contribution in [2.24, 2.45) is 16.8 Å². The molecular formula is C8H15N3O2. The second-order valence-corrected chi connectivity index (χ2v) is 3.66. The molecule has 0 bridgehead atoms. The molecule has 0 radical (unpaired) electrons. The van der Waals surface area contributed by atoms with Gasteiger partial charge in [0.25, 0.3) is 6.41 Å². The lowest BCUT2D eigenvalue weighted by molar-refractivity contribution is -0.0374. The molecule has 0 aromatic heterocycles. The Bertz CT molecular complexity index is 211. The summed E-state index contributed by atoms with van der Waals surface area (Å²) in [5.41, 5.74) is 8.25. The van der Waals surface area contributed by atoms with E-state index >= 15 is 0 Å². The molecule has 0 aromatic rings. The molecule has 5 nitrogen and oxygen atoms in total. The lowest BCUT2D eigenvalue weighted by Gasteiger charge is -2.24. The maximum absolute atomic E-state index is 9.01. The largest absolute Gasteiger partial charge is 0.430 e. The fraction of sp³-hybridized carbons (Fsp3) is 0.875. The van der Waals surface area contributed by atoms with E-state index in [0.717, 1.165) is 25.7 Å². The fourth-order valence-corrected chi connectivity index (χ4v) is 1.84. The molecule has 2 rings (SSSR count). The van der Waals surface area contributed by atoms with Crippen molar-refractivity contribution in [3.8, 4) is 0 Å². The molecule has 0 amide bonds. The van der Waals surface area contributed by atoms with Gasteiger partial charge in [0, 0.05) is 12.0 Å². The molecule has 1 heterocycles. The summed E-state index contributed by atoms with van der Waals surface area (Å²) in [5.74, 6) is 0.976. The van der Waals surface area contributed by atoms with E-state index in [9.17, 15) is 0 Å². The molecule has 1 unspecified atom stereocenters.